The van der Waals surface area contributed by atoms with E-state index in [1.54, 1.807) is 18.2 Å². The van der Waals surface area contributed by atoms with Crippen LogP contribution in [0.15, 0.2) is 36.4 Å². The van der Waals surface area contributed by atoms with Crippen molar-refractivity contribution in [3.8, 4) is 11.5 Å². The van der Waals surface area contributed by atoms with Crippen LogP contribution in [0.1, 0.15) is 11.1 Å². The van der Waals surface area contributed by atoms with Crippen molar-refractivity contribution in [3.63, 3.8) is 0 Å². The van der Waals surface area contributed by atoms with Gasteiger partial charge in [-0.3, -0.25) is 5.21 Å². The lowest BCUT2D eigenvalue weighted by Crippen LogP contribution is -2.43. The number of nitrogens with one attached hydrogen (secondary N) is 2. The van der Waals surface area contributed by atoms with Crippen molar-refractivity contribution >= 4 is 6.03 Å². The van der Waals surface area contributed by atoms with Crippen molar-refractivity contribution in [1.29, 1.82) is 0 Å². The molecule has 1 unspecified atom stereocenters. The summed E-state index contributed by atoms with van der Waals surface area (Å²) in [6.45, 7) is -0.0561. The number of halogens is 2. The van der Waals surface area contributed by atoms with Gasteiger partial charge in [0.05, 0.1) is 0 Å². The fraction of sp³-hybridized carbons (Fsp3) is 0.188. The summed E-state index contributed by atoms with van der Waals surface area (Å²) in [5.74, 6) is -0.348. The number of amides is 2. The molecule has 1 aliphatic rings. The highest BCUT2D eigenvalue weighted by atomic mass is 19.1. The summed E-state index contributed by atoms with van der Waals surface area (Å²) in [6.07, 6.45) is -0.160. The van der Waals surface area contributed by atoms with Gasteiger partial charge in [-0.15, -0.1) is 0 Å². The van der Waals surface area contributed by atoms with Crippen LogP contribution in [0.3, 0.4) is 0 Å². The van der Waals surface area contributed by atoms with Gasteiger partial charge >= 0.3 is 6.03 Å². The number of carbonyl (C=O) groups excluding carboxylic acids is 1. The van der Waals surface area contributed by atoms with Gasteiger partial charge in [0.2, 0.25) is 0 Å². The van der Waals surface area contributed by atoms with E-state index in [0.29, 0.717) is 17.9 Å². The summed E-state index contributed by atoms with van der Waals surface area (Å²) in [4.78, 5) is 11.1. The Morgan fingerprint density at radius 2 is 2.12 bits per heavy atom. The van der Waals surface area contributed by atoms with Gasteiger partial charge in [-0.25, -0.2) is 19.1 Å². The predicted octanol–water partition coefficient (Wildman–Crippen LogP) is 2.49. The summed E-state index contributed by atoms with van der Waals surface area (Å²) in [7, 11) is 0. The molecule has 6 nitrogen and oxygen atoms in total. The van der Waals surface area contributed by atoms with Crippen molar-refractivity contribution in [2.45, 2.75) is 19.3 Å². The Morgan fingerprint density at radius 3 is 2.88 bits per heavy atom. The highest BCUT2D eigenvalue weighted by Gasteiger charge is 2.24. The van der Waals surface area contributed by atoms with E-state index in [1.165, 1.54) is 11.5 Å². The molecule has 3 N–H and O–H groups in total. The number of hydrogen-bond donors (Lipinski definition) is 3. The van der Waals surface area contributed by atoms with Crippen molar-refractivity contribution in [3.05, 3.63) is 59.2 Å². The van der Waals surface area contributed by atoms with Gasteiger partial charge < -0.3 is 14.8 Å². The minimum absolute atomic E-state index is 0.0561. The molecule has 2 aromatic rings. The lowest BCUT2D eigenvalue weighted by molar-refractivity contribution is 0.137. The molecule has 0 saturated carbocycles. The first-order chi connectivity index (χ1) is 11.5. The van der Waals surface area contributed by atoms with E-state index in [-0.39, 0.29) is 12.2 Å². The molecule has 1 atom stereocenters. The van der Waals surface area contributed by atoms with Crippen LogP contribution in [0.4, 0.5) is 13.6 Å². The topological polar surface area (TPSA) is 79.8 Å². The van der Waals surface area contributed by atoms with Gasteiger partial charge in [0.15, 0.2) is 6.23 Å². The molecule has 0 spiro atoms. The van der Waals surface area contributed by atoms with Gasteiger partial charge in [0.25, 0.3) is 0 Å². The largest absolute Gasteiger partial charge is 0.489 e. The smallest absolute Gasteiger partial charge is 0.341 e. The second-order valence-electron chi connectivity index (χ2n) is 5.19. The molecule has 0 aromatic heterocycles. The number of ether oxygens (including phenoxy) is 2. The number of fused-ring (bicyclic) bond motifs is 1. The van der Waals surface area contributed by atoms with Crippen LogP contribution in [0, 0.1) is 11.6 Å². The number of hydroxylamine groups is 1. The van der Waals surface area contributed by atoms with Crippen LogP contribution in [0.2, 0.25) is 0 Å². The maximum atomic E-state index is 13.6. The van der Waals surface area contributed by atoms with Crippen LogP contribution >= 0.6 is 0 Å². The van der Waals surface area contributed by atoms with E-state index in [1.807, 2.05) is 0 Å². The summed E-state index contributed by atoms with van der Waals surface area (Å²) >= 11 is 0. The van der Waals surface area contributed by atoms with Crippen molar-refractivity contribution in [2.24, 2.45) is 0 Å². The van der Waals surface area contributed by atoms with E-state index >= 15 is 0 Å². The van der Waals surface area contributed by atoms with E-state index in [4.69, 9.17) is 14.7 Å². The standard InChI is InChI=1S/C16H14F2N2O4/c17-11-3-1-10(13(18)6-11)8-23-12-4-2-9-5-15(19-16(21)20-22)24-14(9)7-12/h1-4,6-7,15,22H,5,8H2,(H2,19,20,21). The molecule has 0 aliphatic carbocycles. The zero-order chi connectivity index (χ0) is 17.1. The highest BCUT2D eigenvalue weighted by Crippen LogP contribution is 2.32. The number of hydrogen-bond acceptors (Lipinski definition) is 4. The first-order valence-electron chi connectivity index (χ1n) is 7.12. The zero-order valence-electron chi connectivity index (χ0n) is 12.4. The fourth-order valence-electron chi connectivity index (χ4n) is 2.36. The Labute approximate surface area is 136 Å². The van der Waals surface area contributed by atoms with Gasteiger partial charge in [0, 0.05) is 29.7 Å². The van der Waals surface area contributed by atoms with E-state index in [0.717, 1.165) is 17.7 Å². The molecule has 126 valence electrons. The third-order valence-electron chi connectivity index (χ3n) is 3.52. The Hall–Kier alpha value is -2.87. The van der Waals surface area contributed by atoms with E-state index < -0.39 is 23.9 Å². The molecular weight excluding hydrogens is 322 g/mol. The minimum Gasteiger partial charge on any atom is -0.489 e. The molecular formula is C16H14F2N2O4. The number of carbonyl (C=O) groups is 1. The zero-order valence-corrected chi connectivity index (χ0v) is 12.4. The quantitative estimate of drug-likeness (QED) is 0.592. The van der Waals surface area contributed by atoms with Gasteiger partial charge in [-0.05, 0) is 18.2 Å². The molecule has 0 bridgehead atoms. The number of rotatable bonds is 4. The number of benzene rings is 2. The van der Waals surface area contributed by atoms with Crippen LogP contribution < -0.4 is 20.3 Å². The van der Waals surface area contributed by atoms with Crippen LogP contribution in [0.25, 0.3) is 0 Å². The normalized spacial score (nSPS) is 15.4. The second kappa shape index (κ2) is 6.71. The van der Waals surface area contributed by atoms with Crippen LogP contribution in [-0.2, 0) is 13.0 Å². The molecule has 3 rings (SSSR count). The van der Waals surface area contributed by atoms with Gasteiger partial charge in [0.1, 0.15) is 29.7 Å². The van der Waals surface area contributed by atoms with E-state index in [9.17, 15) is 13.6 Å². The molecule has 0 saturated heterocycles. The molecule has 8 heteroatoms. The maximum absolute atomic E-state index is 13.6. The van der Waals surface area contributed by atoms with Crippen molar-refractivity contribution in [1.82, 2.24) is 10.8 Å². The highest BCUT2D eigenvalue weighted by molar-refractivity contribution is 5.72. The third kappa shape index (κ3) is 3.54. The maximum Gasteiger partial charge on any atom is 0.341 e. The summed E-state index contributed by atoms with van der Waals surface area (Å²) in [5, 5.41) is 10.9. The predicted molar refractivity (Wildman–Crippen MR) is 78.7 cm³/mol. The van der Waals surface area contributed by atoms with Crippen molar-refractivity contribution < 1.29 is 28.3 Å². The summed E-state index contributed by atoms with van der Waals surface area (Å²) in [6, 6.07) is 7.60. The molecule has 0 radical (unpaired) electrons. The average Bonchev–Trinajstić information content (AvgIpc) is 2.95. The Balaban J connectivity index is 1.63. The molecule has 1 aliphatic heterocycles. The van der Waals surface area contributed by atoms with Crippen molar-refractivity contribution in [2.75, 3.05) is 0 Å². The van der Waals surface area contributed by atoms with Crippen LogP contribution in [-0.4, -0.2) is 17.5 Å². The molecule has 24 heavy (non-hydrogen) atoms. The molecule has 2 amide bonds. The average molecular weight is 336 g/mol. The van der Waals surface area contributed by atoms with Gasteiger partial charge in [-0.1, -0.05) is 6.07 Å². The first-order valence-corrected chi connectivity index (χ1v) is 7.12. The fourth-order valence-corrected chi connectivity index (χ4v) is 2.36. The Morgan fingerprint density at radius 1 is 1.29 bits per heavy atom. The SMILES string of the molecule is O=C(NO)NC1Cc2ccc(OCc3ccc(F)cc3F)cc2O1. The molecule has 0 fully saturated rings. The first kappa shape index (κ1) is 16.0. The lowest BCUT2D eigenvalue weighted by atomic mass is 10.1. The monoisotopic (exact) mass is 336 g/mol. The Kier molecular flexibility index (Phi) is 4.48. The van der Waals surface area contributed by atoms with Crippen LogP contribution in [0.5, 0.6) is 11.5 Å². The molecule has 2 aromatic carbocycles. The van der Waals surface area contributed by atoms with E-state index in [2.05, 4.69) is 5.32 Å². The number of urea groups is 1. The second-order valence-corrected chi connectivity index (χ2v) is 5.19. The van der Waals surface area contributed by atoms with Gasteiger partial charge in [-0.2, -0.15) is 0 Å². The molecule has 1 heterocycles. The lowest BCUT2D eigenvalue weighted by Gasteiger charge is -2.12. The summed E-state index contributed by atoms with van der Waals surface area (Å²) < 4.78 is 37.5. The minimum atomic E-state index is -0.768. The summed E-state index contributed by atoms with van der Waals surface area (Å²) in [5.41, 5.74) is 2.55. The Bertz CT molecular complexity index is 770. The third-order valence-corrected chi connectivity index (χ3v) is 3.52.